The summed E-state index contributed by atoms with van der Waals surface area (Å²) in [6.45, 7) is 3.36. The standard InChI is InChI=1S/C11H13NO3/c1-4-8-5-9(7(2)13)12-10(6-8)11(14)15-3/h5-6H,4H2,1-3H3. The number of esters is 1. The third-order valence-electron chi connectivity index (χ3n) is 2.05. The molecule has 15 heavy (non-hydrogen) atoms. The first-order chi connectivity index (χ1) is 7.08. The van der Waals surface area contributed by atoms with E-state index in [0.717, 1.165) is 12.0 Å². The Kier molecular flexibility index (Phi) is 3.55. The van der Waals surface area contributed by atoms with E-state index >= 15 is 0 Å². The van der Waals surface area contributed by atoms with Crippen molar-refractivity contribution in [3.63, 3.8) is 0 Å². The molecule has 0 aliphatic rings. The summed E-state index contributed by atoms with van der Waals surface area (Å²) in [6, 6.07) is 3.33. The molecule has 4 nitrogen and oxygen atoms in total. The number of ether oxygens (including phenoxy) is 1. The first kappa shape index (κ1) is 11.4. The van der Waals surface area contributed by atoms with Crippen LogP contribution in [0.25, 0.3) is 0 Å². The number of methoxy groups -OCH3 is 1. The van der Waals surface area contributed by atoms with Gasteiger partial charge in [-0.2, -0.15) is 0 Å². The number of hydrogen-bond acceptors (Lipinski definition) is 4. The van der Waals surface area contributed by atoms with Crippen molar-refractivity contribution in [3.8, 4) is 0 Å². The highest BCUT2D eigenvalue weighted by molar-refractivity contribution is 5.94. The van der Waals surface area contributed by atoms with Crippen molar-refractivity contribution in [2.45, 2.75) is 20.3 Å². The third-order valence-corrected chi connectivity index (χ3v) is 2.05. The van der Waals surface area contributed by atoms with Crippen LogP contribution in [0.2, 0.25) is 0 Å². The highest BCUT2D eigenvalue weighted by Gasteiger charge is 2.11. The Morgan fingerprint density at radius 3 is 2.40 bits per heavy atom. The third kappa shape index (κ3) is 2.62. The van der Waals surface area contributed by atoms with E-state index in [1.54, 1.807) is 12.1 Å². The smallest absolute Gasteiger partial charge is 0.356 e. The molecule has 0 N–H and O–H groups in total. The normalized spacial score (nSPS) is 9.80. The number of nitrogens with zero attached hydrogens (tertiary/aromatic N) is 1. The van der Waals surface area contributed by atoms with Crippen molar-refractivity contribution in [1.29, 1.82) is 0 Å². The molecular formula is C11H13NO3. The van der Waals surface area contributed by atoms with Crippen LogP contribution < -0.4 is 0 Å². The van der Waals surface area contributed by atoms with Crippen molar-refractivity contribution < 1.29 is 14.3 Å². The van der Waals surface area contributed by atoms with Crippen LogP contribution in [0.1, 0.15) is 40.4 Å². The number of hydrogen-bond donors (Lipinski definition) is 0. The summed E-state index contributed by atoms with van der Waals surface area (Å²) in [5, 5.41) is 0. The van der Waals surface area contributed by atoms with Crippen LogP contribution in [0.5, 0.6) is 0 Å². The summed E-state index contributed by atoms with van der Waals surface area (Å²) in [5.41, 5.74) is 1.38. The van der Waals surface area contributed by atoms with Crippen LogP contribution >= 0.6 is 0 Å². The van der Waals surface area contributed by atoms with Gasteiger partial charge in [0.2, 0.25) is 0 Å². The topological polar surface area (TPSA) is 56.3 Å². The van der Waals surface area contributed by atoms with Crippen molar-refractivity contribution >= 4 is 11.8 Å². The average molecular weight is 207 g/mol. The van der Waals surface area contributed by atoms with E-state index in [1.807, 2.05) is 6.92 Å². The van der Waals surface area contributed by atoms with Crippen molar-refractivity contribution in [3.05, 3.63) is 29.1 Å². The summed E-state index contributed by atoms with van der Waals surface area (Å²) in [4.78, 5) is 26.3. The van der Waals surface area contributed by atoms with Crippen LogP contribution in [0.3, 0.4) is 0 Å². The highest BCUT2D eigenvalue weighted by Crippen LogP contribution is 2.08. The highest BCUT2D eigenvalue weighted by atomic mass is 16.5. The van der Waals surface area contributed by atoms with Gasteiger partial charge in [0.05, 0.1) is 7.11 Å². The zero-order chi connectivity index (χ0) is 11.4. The first-order valence-electron chi connectivity index (χ1n) is 4.68. The number of pyridine rings is 1. The van der Waals surface area contributed by atoms with Crippen LogP contribution in [0.4, 0.5) is 0 Å². The second kappa shape index (κ2) is 4.68. The minimum atomic E-state index is -0.521. The summed E-state index contributed by atoms with van der Waals surface area (Å²) < 4.78 is 4.56. The van der Waals surface area contributed by atoms with Gasteiger partial charge in [-0.3, -0.25) is 4.79 Å². The van der Waals surface area contributed by atoms with Gasteiger partial charge in [-0.05, 0) is 24.1 Å². The molecule has 0 saturated carbocycles. The quantitative estimate of drug-likeness (QED) is 0.558. The average Bonchev–Trinajstić information content (AvgIpc) is 2.27. The lowest BCUT2D eigenvalue weighted by molar-refractivity contribution is 0.0594. The molecule has 0 aliphatic carbocycles. The minimum Gasteiger partial charge on any atom is -0.464 e. The van der Waals surface area contributed by atoms with Gasteiger partial charge in [0.1, 0.15) is 11.4 Å². The molecule has 4 heteroatoms. The van der Waals surface area contributed by atoms with Gasteiger partial charge in [-0.25, -0.2) is 9.78 Å². The molecule has 0 bridgehead atoms. The van der Waals surface area contributed by atoms with E-state index in [4.69, 9.17) is 0 Å². The van der Waals surface area contributed by atoms with Crippen LogP contribution in [0.15, 0.2) is 12.1 Å². The van der Waals surface area contributed by atoms with Crippen molar-refractivity contribution in [1.82, 2.24) is 4.98 Å². The molecule has 0 aromatic carbocycles. The fraction of sp³-hybridized carbons (Fsp3) is 0.364. The molecule has 0 fully saturated rings. The molecule has 0 aliphatic heterocycles. The SMILES string of the molecule is CCc1cc(C(C)=O)nc(C(=O)OC)c1. The Hall–Kier alpha value is -1.71. The minimum absolute atomic E-state index is 0.157. The molecular weight excluding hydrogens is 194 g/mol. The van der Waals surface area contributed by atoms with Crippen LogP contribution in [0, 0.1) is 0 Å². The van der Waals surface area contributed by atoms with E-state index in [-0.39, 0.29) is 11.5 Å². The molecule has 1 rings (SSSR count). The Bertz CT molecular complexity index is 399. The second-order valence-electron chi connectivity index (χ2n) is 3.15. The number of aromatic nitrogens is 1. The van der Waals surface area contributed by atoms with Gasteiger partial charge >= 0.3 is 5.97 Å². The Balaban J connectivity index is 3.23. The van der Waals surface area contributed by atoms with Gasteiger partial charge in [-0.15, -0.1) is 0 Å². The van der Waals surface area contributed by atoms with E-state index < -0.39 is 5.97 Å². The number of ketones is 1. The van der Waals surface area contributed by atoms with Gasteiger partial charge in [-0.1, -0.05) is 6.92 Å². The maximum Gasteiger partial charge on any atom is 0.356 e. The summed E-state index contributed by atoms with van der Waals surface area (Å²) in [7, 11) is 1.29. The molecule has 1 heterocycles. The van der Waals surface area contributed by atoms with Crippen LogP contribution in [-0.2, 0) is 11.2 Å². The van der Waals surface area contributed by atoms with Gasteiger partial charge in [0.15, 0.2) is 5.78 Å². The molecule has 0 radical (unpaired) electrons. The van der Waals surface area contributed by atoms with E-state index in [0.29, 0.717) is 5.69 Å². The number of rotatable bonds is 3. The number of Topliss-reactive ketones (excluding diaryl/α,β-unsaturated/α-hetero) is 1. The first-order valence-corrected chi connectivity index (χ1v) is 4.68. The number of carbonyl (C=O) groups is 2. The van der Waals surface area contributed by atoms with E-state index in [1.165, 1.54) is 14.0 Å². The lowest BCUT2D eigenvalue weighted by atomic mass is 10.1. The number of carbonyl (C=O) groups excluding carboxylic acids is 2. The van der Waals surface area contributed by atoms with Crippen LogP contribution in [-0.4, -0.2) is 23.8 Å². The monoisotopic (exact) mass is 207 g/mol. The predicted molar refractivity (Wildman–Crippen MR) is 55.0 cm³/mol. The van der Waals surface area contributed by atoms with Gasteiger partial charge < -0.3 is 4.74 Å². The zero-order valence-corrected chi connectivity index (χ0v) is 9.03. The number of aryl methyl sites for hydroxylation is 1. The van der Waals surface area contributed by atoms with Gasteiger partial charge in [0.25, 0.3) is 0 Å². The summed E-state index contributed by atoms with van der Waals surface area (Å²) in [6.07, 6.45) is 0.743. The van der Waals surface area contributed by atoms with Gasteiger partial charge in [0, 0.05) is 6.92 Å². The molecule has 0 unspecified atom stereocenters. The molecule has 1 aromatic heterocycles. The molecule has 1 aromatic rings. The molecule has 80 valence electrons. The molecule has 0 amide bonds. The molecule has 0 saturated heterocycles. The lowest BCUT2D eigenvalue weighted by Crippen LogP contribution is -2.09. The Morgan fingerprint density at radius 2 is 1.93 bits per heavy atom. The second-order valence-corrected chi connectivity index (χ2v) is 3.15. The molecule has 0 spiro atoms. The molecule has 0 atom stereocenters. The maximum atomic E-state index is 11.3. The van der Waals surface area contributed by atoms with E-state index in [2.05, 4.69) is 9.72 Å². The Labute approximate surface area is 88.3 Å². The zero-order valence-electron chi connectivity index (χ0n) is 9.03. The summed E-state index contributed by atoms with van der Waals surface area (Å²) >= 11 is 0. The summed E-state index contributed by atoms with van der Waals surface area (Å²) in [5.74, 6) is -0.678. The Morgan fingerprint density at radius 1 is 1.33 bits per heavy atom. The largest absolute Gasteiger partial charge is 0.464 e. The van der Waals surface area contributed by atoms with Crippen molar-refractivity contribution in [2.24, 2.45) is 0 Å². The lowest BCUT2D eigenvalue weighted by Gasteiger charge is -2.04. The fourth-order valence-corrected chi connectivity index (χ4v) is 1.18. The van der Waals surface area contributed by atoms with Crippen molar-refractivity contribution in [2.75, 3.05) is 7.11 Å². The van der Waals surface area contributed by atoms with E-state index in [9.17, 15) is 9.59 Å². The fourth-order valence-electron chi connectivity index (χ4n) is 1.18. The maximum absolute atomic E-state index is 11.3. The predicted octanol–water partition coefficient (Wildman–Crippen LogP) is 1.63.